The fourth-order valence-electron chi connectivity index (χ4n) is 3.71. The van der Waals surface area contributed by atoms with Crippen LogP contribution in [-0.2, 0) is 0 Å². The highest BCUT2D eigenvalue weighted by atomic mass is 35.5. The molecule has 156 valence electrons. The number of amides is 1. The first-order valence-corrected chi connectivity index (χ1v) is 10.9. The normalized spacial score (nSPS) is 14.7. The van der Waals surface area contributed by atoms with E-state index in [1.165, 1.54) is 6.42 Å². The van der Waals surface area contributed by atoms with Crippen LogP contribution in [0.2, 0.25) is 15.1 Å². The van der Waals surface area contributed by atoms with E-state index in [-0.39, 0.29) is 5.91 Å². The van der Waals surface area contributed by atoms with Crippen LogP contribution in [0.1, 0.15) is 35.3 Å². The number of nitrogens with zero attached hydrogens (tertiary/aromatic N) is 3. The highest BCUT2D eigenvalue weighted by molar-refractivity contribution is 6.35. The summed E-state index contributed by atoms with van der Waals surface area (Å²) in [5.74, 6) is -0.185. The van der Waals surface area contributed by atoms with Gasteiger partial charge in [-0.2, -0.15) is 5.10 Å². The van der Waals surface area contributed by atoms with Gasteiger partial charge in [0.1, 0.15) is 0 Å². The number of nitrogens with one attached hydrogen (secondary N) is 1. The zero-order valence-electron chi connectivity index (χ0n) is 16.5. The Labute approximate surface area is 190 Å². The van der Waals surface area contributed by atoms with E-state index in [1.54, 1.807) is 35.0 Å². The molecule has 4 rings (SSSR count). The second kappa shape index (κ2) is 8.98. The van der Waals surface area contributed by atoms with Gasteiger partial charge < -0.3 is 0 Å². The Bertz CT molecular complexity index is 1070. The molecule has 1 amide bonds. The van der Waals surface area contributed by atoms with Crippen molar-refractivity contribution in [1.29, 1.82) is 0 Å². The molecule has 30 heavy (non-hydrogen) atoms. The van der Waals surface area contributed by atoms with E-state index in [0.717, 1.165) is 31.5 Å². The van der Waals surface area contributed by atoms with Gasteiger partial charge in [-0.15, -0.1) is 0 Å². The van der Waals surface area contributed by atoms with E-state index < -0.39 is 0 Å². The van der Waals surface area contributed by atoms with Crippen molar-refractivity contribution in [3.05, 3.63) is 68.8 Å². The summed E-state index contributed by atoms with van der Waals surface area (Å²) in [6.45, 7) is 3.52. The number of piperidine rings is 1. The quantitative estimate of drug-likeness (QED) is 0.521. The first-order chi connectivity index (χ1) is 14.4. The van der Waals surface area contributed by atoms with Gasteiger partial charge in [-0.3, -0.25) is 10.2 Å². The van der Waals surface area contributed by atoms with Gasteiger partial charge in [0.15, 0.2) is 0 Å². The number of hydrogen-bond donors (Lipinski definition) is 1. The molecule has 0 saturated carbocycles. The first-order valence-electron chi connectivity index (χ1n) is 9.81. The minimum atomic E-state index is -0.185. The Morgan fingerprint density at radius 3 is 2.30 bits per heavy atom. The number of carbonyl (C=O) groups is 1. The number of aromatic nitrogens is 2. The number of hydrazine groups is 1. The van der Waals surface area contributed by atoms with Gasteiger partial charge >= 0.3 is 0 Å². The van der Waals surface area contributed by atoms with Crippen LogP contribution in [0.15, 0.2) is 42.5 Å². The smallest absolute Gasteiger partial charge is 0.269 e. The SMILES string of the molecule is Cc1nn(-c2ccc(Cl)cc2Cl)c(-c2ccc(Cl)cc2)c1C(=O)NN1CCCCC1. The molecule has 3 aromatic rings. The third-order valence-electron chi connectivity index (χ3n) is 5.16. The maximum absolute atomic E-state index is 13.3. The molecule has 2 heterocycles. The lowest BCUT2D eigenvalue weighted by Crippen LogP contribution is -2.45. The average Bonchev–Trinajstić information content (AvgIpc) is 3.06. The predicted octanol–water partition coefficient (Wildman–Crippen LogP) is 5.94. The predicted molar refractivity (Wildman–Crippen MR) is 122 cm³/mol. The van der Waals surface area contributed by atoms with Crippen molar-refractivity contribution in [2.75, 3.05) is 13.1 Å². The molecular weight excluding hydrogens is 443 g/mol. The van der Waals surface area contributed by atoms with Crippen LogP contribution in [-0.4, -0.2) is 33.8 Å². The van der Waals surface area contributed by atoms with Crippen molar-refractivity contribution in [2.45, 2.75) is 26.2 Å². The van der Waals surface area contributed by atoms with Crippen LogP contribution in [0, 0.1) is 6.92 Å². The molecule has 0 radical (unpaired) electrons. The highest BCUT2D eigenvalue weighted by Gasteiger charge is 2.26. The largest absolute Gasteiger partial charge is 0.285 e. The van der Waals surface area contributed by atoms with Crippen LogP contribution >= 0.6 is 34.8 Å². The Morgan fingerprint density at radius 1 is 0.967 bits per heavy atom. The van der Waals surface area contributed by atoms with Crippen molar-refractivity contribution in [1.82, 2.24) is 20.2 Å². The third-order valence-corrected chi connectivity index (χ3v) is 5.95. The monoisotopic (exact) mass is 462 g/mol. The Kier molecular flexibility index (Phi) is 6.34. The molecule has 0 atom stereocenters. The molecule has 5 nitrogen and oxygen atoms in total. The van der Waals surface area contributed by atoms with E-state index >= 15 is 0 Å². The van der Waals surface area contributed by atoms with Crippen LogP contribution in [0.3, 0.4) is 0 Å². The zero-order valence-corrected chi connectivity index (χ0v) is 18.7. The van der Waals surface area contributed by atoms with Crippen molar-refractivity contribution >= 4 is 40.7 Å². The topological polar surface area (TPSA) is 50.2 Å². The first kappa shape index (κ1) is 21.2. The summed E-state index contributed by atoms with van der Waals surface area (Å²) in [6, 6.07) is 12.5. The summed E-state index contributed by atoms with van der Waals surface area (Å²) in [7, 11) is 0. The lowest BCUT2D eigenvalue weighted by Gasteiger charge is -2.27. The molecule has 0 spiro atoms. The summed E-state index contributed by atoms with van der Waals surface area (Å²) >= 11 is 18.6. The molecule has 2 aromatic carbocycles. The Balaban J connectivity index is 1.83. The van der Waals surface area contributed by atoms with E-state index in [2.05, 4.69) is 10.5 Å². The average molecular weight is 464 g/mol. The molecular formula is C22H21Cl3N4O. The number of carbonyl (C=O) groups excluding carboxylic acids is 1. The second-order valence-electron chi connectivity index (χ2n) is 7.31. The number of hydrogen-bond acceptors (Lipinski definition) is 3. The second-order valence-corrected chi connectivity index (χ2v) is 8.59. The van der Waals surface area contributed by atoms with Crippen LogP contribution in [0.25, 0.3) is 16.9 Å². The van der Waals surface area contributed by atoms with Crippen molar-refractivity contribution in [3.63, 3.8) is 0 Å². The van der Waals surface area contributed by atoms with Crippen molar-refractivity contribution < 1.29 is 4.79 Å². The van der Waals surface area contributed by atoms with Crippen LogP contribution < -0.4 is 5.43 Å². The van der Waals surface area contributed by atoms with Gasteiger partial charge in [0.25, 0.3) is 5.91 Å². The summed E-state index contributed by atoms with van der Waals surface area (Å²) in [5.41, 5.74) is 6.28. The maximum atomic E-state index is 13.3. The van der Waals surface area contributed by atoms with Gasteiger partial charge in [0.2, 0.25) is 0 Å². The van der Waals surface area contributed by atoms with Crippen molar-refractivity contribution in [2.24, 2.45) is 0 Å². The molecule has 1 N–H and O–H groups in total. The van der Waals surface area contributed by atoms with E-state index in [1.807, 2.05) is 24.1 Å². The lowest BCUT2D eigenvalue weighted by atomic mass is 10.0. The maximum Gasteiger partial charge on any atom is 0.269 e. The molecule has 0 aliphatic carbocycles. The van der Waals surface area contributed by atoms with Crippen LogP contribution in [0.4, 0.5) is 0 Å². The molecule has 0 bridgehead atoms. The minimum absolute atomic E-state index is 0.185. The molecule has 1 aliphatic heterocycles. The van der Waals surface area contributed by atoms with Gasteiger partial charge in [0, 0.05) is 28.7 Å². The van der Waals surface area contributed by atoms with Gasteiger partial charge in [-0.25, -0.2) is 9.69 Å². The van der Waals surface area contributed by atoms with Gasteiger partial charge in [0.05, 0.1) is 27.7 Å². The molecule has 1 fully saturated rings. The summed E-state index contributed by atoms with van der Waals surface area (Å²) in [4.78, 5) is 13.3. The summed E-state index contributed by atoms with van der Waals surface area (Å²) in [6.07, 6.45) is 3.33. The fourth-order valence-corrected chi connectivity index (χ4v) is 4.32. The number of halogens is 3. The number of rotatable bonds is 4. The molecule has 8 heteroatoms. The third kappa shape index (κ3) is 4.35. The number of benzene rings is 2. The van der Waals surface area contributed by atoms with E-state index in [0.29, 0.717) is 37.7 Å². The lowest BCUT2D eigenvalue weighted by molar-refractivity contribution is 0.0750. The number of aryl methyl sites for hydroxylation is 1. The summed E-state index contributed by atoms with van der Waals surface area (Å²) < 4.78 is 1.70. The van der Waals surface area contributed by atoms with E-state index in [9.17, 15) is 4.79 Å². The Hall–Kier alpha value is -2.05. The van der Waals surface area contributed by atoms with Crippen molar-refractivity contribution in [3.8, 4) is 16.9 Å². The molecule has 1 aromatic heterocycles. The van der Waals surface area contributed by atoms with Gasteiger partial charge in [-0.1, -0.05) is 53.4 Å². The highest BCUT2D eigenvalue weighted by Crippen LogP contribution is 2.33. The zero-order chi connectivity index (χ0) is 21.3. The summed E-state index contributed by atoms with van der Waals surface area (Å²) in [5, 5.41) is 8.23. The Morgan fingerprint density at radius 2 is 1.63 bits per heavy atom. The van der Waals surface area contributed by atoms with Gasteiger partial charge in [-0.05, 0) is 50.1 Å². The molecule has 1 saturated heterocycles. The van der Waals surface area contributed by atoms with Crippen LogP contribution in [0.5, 0.6) is 0 Å². The van der Waals surface area contributed by atoms with E-state index in [4.69, 9.17) is 34.8 Å². The standard InChI is InChI=1S/C22H21Cl3N4O/c1-14-20(22(30)27-28-11-3-2-4-12-28)21(15-5-7-16(23)8-6-15)29(26-14)19-10-9-17(24)13-18(19)25/h5-10,13H,2-4,11-12H2,1H3,(H,27,30). The fraction of sp³-hybridized carbons (Fsp3) is 0.273. The minimum Gasteiger partial charge on any atom is -0.285 e. The molecule has 1 aliphatic rings. The molecule has 0 unspecified atom stereocenters.